The summed E-state index contributed by atoms with van der Waals surface area (Å²) in [7, 11) is 0. The Bertz CT molecular complexity index is 735. The molecule has 0 saturated carbocycles. The van der Waals surface area contributed by atoms with Crippen LogP contribution in [0.15, 0.2) is 54.6 Å². The summed E-state index contributed by atoms with van der Waals surface area (Å²) < 4.78 is 0. The molecule has 0 radical (unpaired) electrons. The number of benzene rings is 2. The van der Waals surface area contributed by atoms with Gasteiger partial charge in [-0.3, -0.25) is 9.59 Å². The lowest BCUT2D eigenvalue weighted by molar-refractivity contribution is -0.121. The maximum atomic E-state index is 12.6. The Hall–Kier alpha value is -2.37. The van der Waals surface area contributed by atoms with Gasteiger partial charge in [0.1, 0.15) is 0 Å². The van der Waals surface area contributed by atoms with Gasteiger partial charge >= 0.3 is 0 Å². The van der Waals surface area contributed by atoms with Crippen molar-refractivity contribution in [2.75, 3.05) is 13.1 Å². The van der Waals surface area contributed by atoms with E-state index in [2.05, 4.69) is 16.0 Å². The fraction of sp³-hybridized carbons (Fsp3) is 0.364. The quantitative estimate of drug-likeness (QED) is 0.601. The normalized spacial score (nSPS) is 12.4. The lowest BCUT2D eigenvalue weighted by Crippen LogP contribution is -2.40. The molecular weight excluding hydrogens is 374 g/mol. The molecule has 6 heteroatoms. The Balaban J connectivity index is 0.00000392. The molecule has 0 aromatic heterocycles. The number of halogens is 1. The minimum Gasteiger partial charge on any atom is -0.354 e. The summed E-state index contributed by atoms with van der Waals surface area (Å²) in [5, 5.41) is 9.19. The molecule has 2 amide bonds. The molecule has 5 nitrogen and oxygen atoms in total. The van der Waals surface area contributed by atoms with Crippen molar-refractivity contribution < 1.29 is 9.59 Å². The van der Waals surface area contributed by atoms with Crippen LogP contribution in [-0.2, 0) is 4.79 Å². The molecule has 0 fully saturated rings. The van der Waals surface area contributed by atoms with Crippen LogP contribution in [0, 0.1) is 6.92 Å². The van der Waals surface area contributed by atoms with E-state index in [4.69, 9.17) is 0 Å². The molecule has 0 aliphatic rings. The number of amides is 2. The zero-order chi connectivity index (χ0) is 19.6. The van der Waals surface area contributed by atoms with Gasteiger partial charge in [-0.05, 0) is 38.1 Å². The highest BCUT2D eigenvalue weighted by atomic mass is 35.5. The highest BCUT2D eigenvalue weighted by molar-refractivity contribution is 5.94. The molecule has 0 spiro atoms. The van der Waals surface area contributed by atoms with Crippen LogP contribution in [0.5, 0.6) is 0 Å². The van der Waals surface area contributed by atoms with E-state index < -0.39 is 0 Å². The molecule has 0 saturated heterocycles. The summed E-state index contributed by atoms with van der Waals surface area (Å²) in [6.07, 6.45) is 0.195. The number of hydrogen-bond donors (Lipinski definition) is 3. The minimum atomic E-state index is -0.380. The molecule has 2 rings (SSSR count). The predicted octanol–water partition coefficient (Wildman–Crippen LogP) is 3.39. The van der Waals surface area contributed by atoms with Gasteiger partial charge in [-0.1, -0.05) is 55.0 Å². The van der Waals surface area contributed by atoms with E-state index >= 15 is 0 Å². The van der Waals surface area contributed by atoms with Crippen molar-refractivity contribution in [3.05, 3.63) is 71.3 Å². The Labute approximate surface area is 173 Å². The average molecular weight is 404 g/mol. The molecule has 0 aliphatic heterocycles. The van der Waals surface area contributed by atoms with Gasteiger partial charge in [0, 0.05) is 18.2 Å². The largest absolute Gasteiger partial charge is 0.354 e. The van der Waals surface area contributed by atoms with Gasteiger partial charge in [-0.25, -0.2) is 0 Å². The second-order valence-electron chi connectivity index (χ2n) is 6.77. The molecule has 152 valence electrons. The SMILES string of the molecule is CCN[C@H](C)CNC(=O)CC(NC(=O)c1ccc(C)cc1)c1ccccc1.Cl. The fourth-order valence-electron chi connectivity index (χ4n) is 2.83. The monoisotopic (exact) mass is 403 g/mol. The molecular formula is C22H30ClN3O2. The zero-order valence-electron chi connectivity index (χ0n) is 16.7. The van der Waals surface area contributed by atoms with E-state index in [9.17, 15) is 9.59 Å². The van der Waals surface area contributed by atoms with Gasteiger partial charge in [-0.15, -0.1) is 12.4 Å². The van der Waals surface area contributed by atoms with Gasteiger partial charge in [-0.2, -0.15) is 0 Å². The highest BCUT2D eigenvalue weighted by Gasteiger charge is 2.19. The molecule has 28 heavy (non-hydrogen) atoms. The lowest BCUT2D eigenvalue weighted by atomic mass is 10.0. The summed E-state index contributed by atoms with van der Waals surface area (Å²) in [5.74, 6) is -0.268. The van der Waals surface area contributed by atoms with Crippen LogP contribution in [0.1, 0.15) is 47.8 Å². The smallest absolute Gasteiger partial charge is 0.251 e. The fourth-order valence-corrected chi connectivity index (χ4v) is 2.83. The van der Waals surface area contributed by atoms with Gasteiger partial charge in [0.25, 0.3) is 5.91 Å². The summed E-state index contributed by atoms with van der Waals surface area (Å²) in [4.78, 5) is 25.0. The standard InChI is InChI=1S/C22H29N3O2.ClH/c1-4-23-17(3)15-24-21(26)14-20(18-8-6-5-7-9-18)25-22(27)19-12-10-16(2)11-13-19;/h5-13,17,20,23H,4,14-15H2,1-3H3,(H,24,26)(H,25,27);1H/t17-,20?;/m1./s1. The Morgan fingerprint density at radius 2 is 1.64 bits per heavy atom. The average Bonchev–Trinajstić information content (AvgIpc) is 2.67. The van der Waals surface area contributed by atoms with E-state index in [0.29, 0.717) is 12.1 Å². The Morgan fingerprint density at radius 1 is 1.00 bits per heavy atom. The van der Waals surface area contributed by atoms with Crippen LogP contribution in [-0.4, -0.2) is 30.9 Å². The van der Waals surface area contributed by atoms with Crippen molar-refractivity contribution in [3.8, 4) is 0 Å². The number of rotatable bonds is 9. The maximum Gasteiger partial charge on any atom is 0.251 e. The Morgan fingerprint density at radius 3 is 2.25 bits per heavy atom. The molecule has 0 heterocycles. The summed E-state index contributed by atoms with van der Waals surface area (Å²) >= 11 is 0. The summed E-state index contributed by atoms with van der Waals surface area (Å²) in [6.45, 7) is 7.45. The molecule has 0 bridgehead atoms. The van der Waals surface area contributed by atoms with Crippen LogP contribution >= 0.6 is 12.4 Å². The van der Waals surface area contributed by atoms with Crippen molar-refractivity contribution >= 4 is 24.2 Å². The van der Waals surface area contributed by atoms with Crippen molar-refractivity contribution in [1.29, 1.82) is 0 Å². The number of hydrogen-bond acceptors (Lipinski definition) is 3. The van der Waals surface area contributed by atoms with Gasteiger partial charge < -0.3 is 16.0 Å². The first-order valence-electron chi connectivity index (χ1n) is 9.42. The van der Waals surface area contributed by atoms with Crippen LogP contribution < -0.4 is 16.0 Å². The van der Waals surface area contributed by atoms with Gasteiger partial charge in [0.05, 0.1) is 12.5 Å². The first-order chi connectivity index (χ1) is 13.0. The third-order valence-electron chi connectivity index (χ3n) is 4.37. The molecule has 2 aromatic carbocycles. The number of aryl methyl sites for hydroxylation is 1. The van der Waals surface area contributed by atoms with E-state index in [1.807, 2.05) is 63.2 Å². The first-order valence-corrected chi connectivity index (χ1v) is 9.42. The summed E-state index contributed by atoms with van der Waals surface area (Å²) in [5.41, 5.74) is 2.59. The van der Waals surface area contributed by atoms with Crippen molar-refractivity contribution in [1.82, 2.24) is 16.0 Å². The van der Waals surface area contributed by atoms with Crippen LogP contribution in [0.3, 0.4) is 0 Å². The second-order valence-corrected chi connectivity index (χ2v) is 6.77. The van der Waals surface area contributed by atoms with Gasteiger partial charge in [0.2, 0.25) is 5.91 Å². The number of carbonyl (C=O) groups excluding carboxylic acids is 2. The molecule has 2 atom stereocenters. The minimum absolute atomic E-state index is 0. The molecule has 3 N–H and O–H groups in total. The third-order valence-corrected chi connectivity index (χ3v) is 4.37. The van der Waals surface area contributed by atoms with Crippen molar-refractivity contribution in [2.45, 2.75) is 39.3 Å². The topological polar surface area (TPSA) is 70.2 Å². The zero-order valence-corrected chi connectivity index (χ0v) is 17.5. The first kappa shape index (κ1) is 23.7. The lowest BCUT2D eigenvalue weighted by Gasteiger charge is -2.20. The maximum absolute atomic E-state index is 12.6. The Kier molecular flexibility index (Phi) is 10.3. The number of likely N-dealkylation sites (N-methyl/N-ethyl adjacent to an activating group) is 1. The number of nitrogens with one attached hydrogen (secondary N) is 3. The molecule has 1 unspecified atom stereocenters. The molecule has 0 aliphatic carbocycles. The number of carbonyl (C=O) groups is 2. The van der Waals surface area contributed by atoms with Crippen LogP contribution in [0.25, 0.3) is 0 Å². The molecule has 2 aromatic rings. The van der Waals surface area contributed by atoms with Crippen molar-refractivity contribution in [3.63, 3.8) is 0 Å². The van der Waals surface area contributed by atoms with E-state index in [-0.39, 0.29) is 42.7 Å². The van der Waals surface area contributed by atoms with E-state index in [1.54, 1.807) is 12.1 Å². The predicted molar refractivity (Wildman–Crippen MR) is 116 cm³/mol. The van der Waals surface area contributed by atoms with Crippen LogP contribution in [0.4, 0.5) is 0 Å². The van der Waals surface area contributed by atoms with Crippen molar-refractivity contribution in [2.24, 2.45) is 0 Å². The van der Waals surface area contributed by atoms with Crippen LogP contribution in [0.2, 0.25) is 0 Å². The summed E-state index contributed by atoms with van der Waals surface area (Å²) in [6, 6.07) is 16.8. The van der Waals surface area contributed by atoms with E-state index in [1.165, 1.54) is 0 Å². The third kappa shape index (κ3) is 7.71. The van der Waals surface area contributed by atoms with E-state index in [0.717, 1.165) is 17.7 Å². The van der Waals surface area contributed by atoms with Gasteiger partial charge in [0.15, 0.2) is 0 Å². The highest BCUT2D eigenvalue weighted by Crippen LogP contribution is 2.17. The second kappa shape index (κ2) is 12.2.